The third kappa shape index (κ3) is 3.56. The minimum Gasteiger partial charge on any atom is -0.339 e. The molecule has 3 fully saturated rings. The predicted octanol–water partition coefficient (Wildman–Crippen LogP) is 3.81. The van der Waals surface area contributed by atoms with Crippen LogP contribution in [-0.2, 0) is 4.79 Å². The minimum absolute atomic E-state index is 0.152. The second-order valence-electron chi connectivity index (χ2n) is 8.87. The fraction of sp³-hybridized carbons (Fsp3) is 0.391. The summed E-state index contributed by atoms with van der Waals surface area (Å²) < 4.78 is 67.7. The Morgan fingerprint density at radius 1 is 0.879 bits per heavy atom. The number of nitrogens with zero attached hydrogens (tertiary/aromatic N) is 3. The fourth-order valence-corrected chi connectivity index (χ4v) is 5.23. The summed E-state index contributed by atoms with van der Waals surface area (Å²) in [5, 5.41) is 3.47. The highest BCUT2D eigenvalue weighted by atomic mass is 19.2. The molecule has 3 heterocycles. The van der Waals surface area contributed by atoms with Crippen molar-refractivity contribution in [2.45, 2.75) is 25.3 Å². The van der Waals surface area contributed by atoms with E-state index in [9.17, 15) is 31.5 Å². The highest BCUT2D eigenvalue weighted by Crippen LogP contribution is 2.47. The highest BCUT2D eigenvalue weighted by Gasteiger charge is 2.56. The third-order valence-electron chi connectivity index (χ3n) is 6.92. The Labute approximate surface area is 186 Å². The molecule has 0 bridgehead atoms. The molecule has 3 aliphatic heterocycles. The number of hydrogen-bond acceptors (Lipinski definition) is 3. The number of carbonyl (C=O) groups is 2. The number of halogens is 5. The Hall–Kier alpha value is -3.01. The van der Waals surface area contributed by atoms with Gasteiger partial charge in [0.1, 0.15) is 11.6 Å². The second-order valence-corrected chi connectivity index (χ2v) is 8.87. The van der Waals surface area contributed by atoms with Crippen LogP contribution in [0.25, 0.3) is 0 Å². The van der Waals surface area contributed by atoms with Crippen LogP contribution in [0.3, 0.4) is 0 Å². The summed E-state index contributed by atoms with van der Waals surface area (Å²) in [5.74, 6) is -6.71. The lowest BCUT2D eigenvalue weighted by atomic mass is 9.77. The van der Waals surface area contributed by atoms with Gasteiger partial charge in [0, 0.05) is 37.8 Å². The molecule has 1 atom stereocenters. The summed E-state index contributed by atoms with van der Waals surface area (Å²) in [6.07, 6.45) is 1.22. The molecule has 0 aliphatic carbocycles. The average Bonchev–Trinajstić information content (AvgIpc) is 3.29. The summed E-state index contributed by atoms with van der Waals surface area (Å²) >= 11 is 0. The Morgan fingerprint density at radius 3 is 2.09 bits per heavy atom. The lowest BCUT2D eigenvalue weighted by Gasteiger charge is -2.38. The molecule has 0 aromatic heterocycles. The van der Waals surface area contributed by atoms with Crippen molar-refractivity contribution in [2.75, 3.05) is 26.2 Å². The summed E-state index contributed by atoms with van der Waals surface area (Å²) in [6.45, 7) is 1.37. The van der Waals surface area contributed by atoms with E-state index in [2.05, 4.69) is 0 Å². The number of amides is 2. The first kappa shape index (κ1) is 21.8. The van der Waals surface area contributed by atoms with Gasteiger partial charge in [-0.15, -0.1) is 0 Å². The molecule has 5 nitrogen and oxygen atoms in total. The lowest BCUT2D eigenvalue weighted by Crippen LogP contribution is -2.48. The number of fused-ring (bicyclic) bond motifs is 1. The third-order valence-corrected chi connectivity index (χ3v) is 6.92. The van der Waals surface area contributed by atoms with Gasteiger partial charge in [0.25, 0.3) is 5.91 Å². The van der Waals surface area contributed by atoms with Gasteiger partial charge in [-0.3, -0.25) is 14.6 Å². The van der Waals surface area contributed by atoms with Gasteiger partial charge in [0.2, 0.25) is 5.91 Å². The molecule has 10 heteroatoms. The predicted molar refractivity (Wildman–Crippen MR) is 106 cm³/mol. The van der Waals surface area contributed by atoms with Crippen molar-refractivity contribution in [3.8, 4) is 0 Å². The van der Waals surface area contributed by atoms with Gasteiger partial charge in [-0.05, 0) is 49.1 Å². The lowest BCUT2D eigenvalue weighted by molar-refractivity contribution is -0.144. The van der Waals surface area contributed by atoms with Crippen molar-refractivity contribution in [1.29, 1.82) is 0 Å². The number of piperidine rings is 1. The molecular formula is C23H20F5N3O2. The smallest absolute Gasteiger partial charge is 0.254 e. The van der Waals surface area contributed by atoms with Crippen LogP contribution in [0.2, 0.25) is 0 Å². The first-order valence-corrected chi connectivity index (χ1v) is 10.7. The van der Waals surface area contributed by atoms with Crippen LogP contribution >= 0.6 is 0 Å². The van der Waals surface area contributed by atoms with Crippen LogP contribution in [0, 0.1) is 34.5 Å². The number of likely N-dealkylation sites (tertiary alicyclic amines) is 1. The van der Waals surface area contributed by atoms with E-state index >= 15 is 0 Å². The van der Waals surface area contributed by atoms with Gasteiger partial charge in [0.05, 0.1) is 11.5 Å². The Bertz CT molecular complexity index is 1110. The van der Waals surface area contributed by atoms with Crippen LogP contribution in [0.15, 0.2) is 30.3 Å². The van der Waals surface area contributed by atoms with Gasteiger partial charge in [-0.1, -0.05) is 0 Å². The SMILES string of the molecule is O=C(c1cc(F)c(F)c(F)c1)N1CCC2(CC1)CN1CC[C@@H](c3cc(F)cc(F)c3)N1C2=O. The Morgan fingerprint density at radius 2 is 1.48 bits per heavy atom. The molecular weight excluding hydrogens is 445 g/mol. The van der Waals surface area contributed by atoms with Gasteiger partial charge < -0.3 is 4.90 Å². The largest absolute Gasteiger partial charge is 0.339 e. The molecule has 2 amide bonds. The average molecular weight is 465 g/mol. The van der Waals surface area contributed by atoms with E-state index in [1.807, 2.05) is 5.01 Å². The minimum atomic E-state index is -1.64. The molecule has 2 aromatic carbocycles. The molecule has 1 spiro atoms. The maximum atomic E-state index is 13.7. The van der Waals surface area contributed by atoms with E-state index in [0.29, 0.717) is 50.0 Å². The molecule has 0 unspecified atom stereocenters. The zero-order chi connectivity index (χ0) is 23.5. The van der Waals surface area contributed by atoms with Crippen LogP contribution in [0.4, 0.5) is 22.0 Å². The molecule has 174 valence electrons. The van der Waals surface area contributed by atoms with Gasteiger partial charge in [-0.25, -0.2) is 27.0 Å². The molecule has 5 rings (SSSR count). The first-order chi connectivity index (χ1) is 15.7. The number of hydrogen-bond donors (Lipinski definition) is 0. The van der Waals surface area contributed by atoms with Crippen molar-refractivity contribution >= 4 is 11.8 Å². The fourth-order valence-electron chi connectivity index (χ4n) is 5.23. The van der Waals surface area contributed by atoms with Crippen molar-refractivity contribution < 1.29 is 31.5 Å². The van der Waals surface area contributed by atoms with Crippen molar-refractivity contribution in [1.82, 2.24) is 14.9 Å². The van der Waals surface area contributed by atoms with Crippen molar-refractivity contribution in [3.05, 3.63) is 70.5 Å². The highest BCUT2D eigenvalue weighted by molar-refractivity contribution is 5.94. The van der Waals surface area contributed by atoms with E-state index < -0.39 is 46.5 Å². The topological polar surface area (TPSA) is 43.9 Å². The normalized spacial score (nSPS) is 22.3. The van der Waals surface area contributed by atoms with E-state index in [0.717, 1.165) is 6.07 Å². The zero-order valence-corrected chi connectivity index (χ0v) is 17.5. The maximum Gasteiger partial charge on any atom is 0.254 e. The summed E-state index contributed by atoms with van der Waals surface area (Å²) in [4.78, 5) is 27.5. The number of carbonyl (C=O) groups excluding carboxylic acids is 2. The summed E-state index contributed by atoms with van der Waals surface area (Å²) in [7, 11) is 0. The van der Waals surface area contributed by atoms with Crippen molar-refractivity contribution in [3.63, 3.8) is 0 Å². The van der Waals surface area contributed by atoms with E-state index in [1.165, 1.54) is 17.0 Å². The van der Waals surface area contributed by atoms with Crippen LogP contribution in [-0.4, -0.2) is 52.9 Å². The standard InChI is InChI=1S/C23H20F5N3O2/c24-15-7-13(8-16(25)11-15)19-1-4-30-12-23(22(33)31(19)30)2-5-29(6-3-23)21(32)14-9-17(26)20(28)18(27)10-14/h7-11,19H,1-6,12H2/t19-/m0/s1. The van der Waals surface area contributed by atoms with E-state index in [4.69, 9.17) is 0 Å². The first-order valence-electron chi connectivity index (χ1n) is 10.7. The van der Waals surface area contributed by atoms with Crippen LogP contribution < -0.4 is 0 Å². The van der Waals surface area contributed by atoms with Gasteiger partial charge in [-0.2, -0.15) is 0 Å². The molecule has 3 saturated heterocycles. The molecule has 0 saturated carbocycles. The van der Waals surface area contributed by atoms with Crippen molar-refractivity contribution in [2.24, 2.45) is 5.41 Å². The molecule has 2 aromatic rings. The summed E-state index contributed by atoms with van der Waals surface area (Å²) in [5.41, 5.74) is -0.647. The quantitative estimate of drug-likeness (QED) is 0.501. The number of rotatable bonds is 2. The zero-order valence-electron chi connectivity index (χ0n) is 17.5. The van der Waals surface area contributed by atoms with E-state index in [-0.39, 0.29) is 24.6 Å². The van der Waals surface area contributed by atoms with Gasteiger partial charge >= 0.3 is 0 Å². The van der Waals surface area contributed by atoms with Gasteiger partial charge in [0.15, 0.2) is 17.5 Å². The summed E-state index contributed by atoms with van der Waals surface area (Å²) in [6, 6.07) is 4.11. The number of hydrazine groups is 1. The Kier molecular flexibility index (Phi) is 5.15. The second kappa shape index (κ2) is 7.79. The molecule has 3 aliphatic rings. The number of benzene rings is 2. The molecule has 33 heavy (non-hydrogen) atoms. The Balaban J connectivity index is 1.31. The van der Waals surface area contributed by atoms with Crippen LogP contribution in [0.1, 0.15) is 41.2 Å². The van der Waals surface area contributed by atoms with E-state index in [1.54, 1.807) is 5.01 Å². The monoisotopic (exact) mass is 465 g/mol. The molecule has 0 N–H and O–H groups in total. The maximum absolute atomic E-state index is 13.7. The van der Waals surface area contributed by atoms with Crippen LogP contribution in [0.5, 0.6) is 0 Å². The molecule has 0 radical (unpaired) electrons.